The van der Waals surface area contributed by atoms with E-state index < -0.39 is 0 Å². The molecule has 0 heterocycles. The monoisotopic (exact) mass is 360 g/mol. The van der Waals surface area contributed by atoms with Crippen molar-refractivity contribution >= 4 is 22.9 Å². The predicted molar refractivity (Wildman–Crippen MR) is 110 cm³/mol. The summed E-state index contributed by atoms with van der Waals surface area (Å²) in [5.74, 6) is 1.13. The van der Waals surface area contributed by atoms with Gasteiger partial charge in [-0.1, -0.05) is 50.2 Å². The maximum atomic E-state index is 12.2. The lowest BCUT2D eigenvalue weighted by molar-refractivity contribution is 0.0955. The molecule has 3 aromatic carbocycles. The molecule has 4 heteroatoms. The quantitative estimate of drug-likeness (QED) is 0.475. The Labute approximate surface area is 159 Å². The molecule has 0 saturated heterocycles. The molecular weight excluding hydrogens is 336 g/mol. The number of nitrogens with one attached hydrogen (secondary N) is 1. The van der Waals surface area contributed by atoms with Crippen LogP contribution in [0, 0.1) is 5.92 Å². The van der Waals surface area contributed by atoms with Crippen molar-refractivity contribution < 1.29 is 9.53 Å². The fourth-order valence-corrected chi connectivity index (χ4v) is 2.63. The van der Waals surface area contributed by atoms with Crippen molar-refractivity contribution in [1.82, 2.24) is 5.43 Å². The largest absolute Gasteiger partial charge is 0.494 e. The number of fused-ring (bicyclic) bond motifs is 1. The van der Waals surface area contributed by atoms with Gasteiger partial charge in [0.15, 0.2) is 0 Å². The van der Waals surface area contributed by atoms with Crippen molar-refractivity contribution in [2.24, 2.45) is 11.0 Å². The molecule has 0 fully saturated rings. The Kier molecular flexibility index (Phi) is 6.21. The number of hydrogen-bond donors (Lipinski definition) is 1. The normalized spacial score (nSPS) is 11.2. The molecule has 0 unspecified atom stereocenters. The maximum Gasteiger partial charge on any atom is 0.271 e. The van der Waals surface area contributed by atoms with Crippen molar-refractivity contribution in [3.8, 4) is 5.75 Å². The summed E-state index contributed by atoms with van der Waals surface area (Å²) < 4.78 is 5.66. The van der Waals surface area contributed by atoms with E-state index in [9.17, 15) is 4.79 Å². The van der Waals surface area contributed by atoms with Gasteiger partial charge in [0.05, 0.1) is 12.8 Å². The fourth-order valence-electron chi connectivity index (χ4n) is 2.63. The predicted octanol–water partition coefficient (Wildman–Crippen LogP) is 5.03. The van der Waals surface area contributed by atoms with Crippen LogP contribution in [0.3, 0.4) is 0 Å². The van der Waals surface area contributed by atoms with E-state index in [0.717, 1.165) is 23.1 Å². The van der Waals surface area contributed by atoms with E-state index in [4.69, 9.17) is 4.74 Å². The SMILES string of the molecule is CC(C)CCOc1ccc(C(=O)NN=Cc2ccc3ccccc3c2)cc1. The van der Waals surface area contributed by atoms with Crippen molar-refractivity contribution in [3.05, 3.63) is 77.9 Å². The average Bonchev–Trinajstić information content (AvgIpc) is 2.68. The number of hydrogen-bond acceptors (Lipinski definition) is 3. The van der Waals surface area contributed by atoms with Crippen LogP contribution in [0.25, 0.3) is 10.8 Å². The number of hydrazone groups is 1. The summed E-state index contributed by atoms with van der Waals surface area (Å²) in [7, 11) is 0. The maximum absolute atomic E-state index is 12.2. The summed E-state index contributed by atoms with van der Waals surface area (Å²) in [6.07, 6.45) is 2.65. The number of carbonyl (C=O) groups excluding carboxylic acids is 1. The Morgan fingerprint density at radius 2 is 1.78 bits per heavy atom. The molecule has 0 spiro atoms. The summed E-state index contributed by atoms with van der Waals surface area (Å²) in [5.41, 5.74) is 4.04. The standard InChI is InChI=1S/C23H24N2O2/c1-17(2)13-14-27-22-11-9-20(10-12-22)23(26)25-24-16-18-7-8-19-5-3-4-6-21(19)15-18/h3-12,15-17H,13-14H2,1-2H3,(H,25,26). The Hall–Kier alpha value is -3.14. The molecule has 3 rings (SSSR count). The van der Waals surface area contributed by atoms with E-state index in [-0.39, 0.29) is 5.91 Å². The van der Waals surface area contributed by atoms with Crippen LogP contribution in [0.15, 0.2) is 71.8 Å². The van der Waals surface area contributed by atoms with E-state index in [1.807, 2.05) is 42.5 Å². The topological polar surface area (TPSA) is 50.7 Å². The zero-order chi connectivity index (χ0) is 19.1. The summed E-state index contributed by atoms with van der Waals surface area (Å²) in [5, 5.41) is 6.38. The highest BCUT2D eigenvalue weighted by Crippen LogP contribution is 2.15. The van der Waals surface area contributed by atoms with E-state index in [1.165, 1.54) is 5.39 Å². The zero-order valence-electron chi connectivity index (χ0n) is 15.7. The summed E-state index contributed by atoms with van der Waals surface area (Å²) in [4.78, 5) is 12.2. The van der Waals surface area contributed by atoms with Gasteiger partial charge < -0.3 is 4.74 Å². The lowest BCUT2D eigenvalue weighted by Crippen LogP contribution is -2.17. The second-order valence-corrected chi connectivity index (χ2v) is 6.86. The van der Waals surface area contributed by atoms with Gasteiger partial charge >= 0.3 is 0 Å². The number of rotatable bonds is 7. The average molecular weight is 360 g/mol. The molecule has 0 radical (unpaired) electrons. The summed E-state index contributed by atoms with van der Waals surface area (Å²) in [6.45, 7) is 5.00. The first-order chi connectivity index (χ1) is 13.1. The number of carbonyl (C=O) groups is 1. The molecule has 138 valence electrons. The minimum absolute atomic E-state index is 0.249. The number of ether oxygens (including phenoxy) is 1. The third-order valence-corrected chi connectivity index (χ3v) is 4.23. The molecule has 1 N–H and O–H groups in total. The Morgan fingerprint density at radius 3 is 2.52 bits per heavy atom. The molecule has 3 aromatic rings. The van der Waals surface area contributed by atoms with Gasteiger partial charge in [0.1, 0.15) is 5.75 Å². The lowest BCUT2D eigenvalue weighted by Gasteiger charge is -2.08. The minimum Gasteiger partial charge on any atom is -0.494 e. The van der Waals surface area contributed by atoms with Gasteiger partial charge in [0.2, 0.25) is 0 Å². The van der Waals surface area contributed by atoms with E-state index in [0.29, 0.717) is 18.1 Å². The van der Waals surface area contributed by atoms with Crippen molar-refractivity contribution in [2.45, 2.75) is 20.3 Å². The van der Waals surface area contributed by atoms with Gasteiger partial charge in [-0.05, 0) is 59.0 Å². The first-order valence-corrected chi connectivity index (χ1v) is 9.17. The van der Waals surface area contributed by atoms with Gasteiger partial charge in [-0.2, -0.15) is 5.10 Å². The Morgan fingerprint density at radius 1 is 1.04 bits per heavy atom. The molecule has 27 heavy (non-hydrogen) atoms. The van der Waals surface area contributed by atoms with Crippen LogP contribution in [-0.4, -0.2) is 18.7 Å². The number of amides is 1. The third-order valence-electron chi connectivity index (χ3n) is 4.23. The van der Waals surface area contributed by atoms with Crippen LogP contribution in [0.4, 0.5) is 0 Å². The van der Waals surface area contributed by atoms with Gasteiger partial charge in [0.25, 0.3) is 5.91 Å². The van der Waals surface area contributed by atoms with E-state index >= 15 is 0 Å². The van der Waals surface area contributed by atoms with E-state index in [2.05, 4.69) is 36.5 Å². The van der Waals surface area contributed by atoms with Crippen LogP contribution in [0.1, 0.15) is 36.2 Å². The zero-order valence-corrected chi connectivity index (χ0v) is 15.7. The fraction of sp³-hybridized carbons (Fsp3) is 0.217. The summed E-state index contributed by atoms with van der Waals surface area (Å²) in [6, 6.07) is 21.3. The van der Waals surface area contributed by atoms with Crippen LogP contribution in [-0.2, 0) is 0 Å². The molecular formula is C23H24N2O2. The van der Waals surface area contributed by atoms with Gasteiger partial charge in [0, 0.05) is 5.56 Å². The first kappa shape index (κ1) is 18.6. The van der Waals surface area contributed by atoms with Gasteiger partial charge in [-0.15, -0.1) is 0 Å². The molecule has 0 saturated carbocycles. The lowest BCUT2D eigenvalue weighted by atomic mass is 10.1. The minimum atomic E-state index is -0.249. The van der Waals surface area contributed by atoms with Crippen molar-refractivity contribution in [1.29, 1.82) is 0 Å². The first-order valence-electron chi connectivity index (χ1n) is 9.17. The molecule has 0 bridgehead atoms. The highest BCUT2D eigenvalue weighted by molar-refractivity contribution is 5.95. The van der Waals surface area contributed by atoms with Gasteiger partial charge in [-0.3, -0.25) is 4.79 Å². The highest BCUT2D eigenvalue weighted by Gasteiger charge is 2.04. The number of benzene rings is 3. The number of nitrogens with zero attached hydrogens (tertiary/aromatic N) is 1. The Bertz CT molecular complexity index is 931. The molecule has 0 aliphatic rings. The smallest absolute Gasteiger partial charge is 0.271 e. The highest BCUT2D eigenvalue weighted by atomic mass is 16.5. The molecule has 1 amide bonds. The second kappa shape index (κ2) is 8.99. The van der Waals surface area contributed by atoms with Gasteiger partial charge in [-0.25, -0.2) is 5.43 Å². The molecule has 0 aromatic heterocycles. The van der Waals surface area contributed by atoms with Crippen LogP contribution in [0.5, 0.6) is 5.75 Å². The van der Waals surface area contributed by atoms with Crippen LogP contribution >= 0.6 is 0 Å². The molecule has 0 aliphatic carbocycles. The summed E-state index contributed by atoms with van der Waals surface area (Å²) >= 11 is 0. The van der Waals surface area contributed by atoms with Crippen LogP contribution in [0.2, 0.25) is 0 Å². The van der Waals surface area contributed by atoms with Crippen molar-refractivity contribution in [2.75, 3.05) is 6.61 Å². The molecule has 4 nitrogen and oxygen atoms in total. The van der Waals surface area contributed by atoms with Crippen LogP contribution < -0.4 is 10.2 Å². The molecule has 0 aliphatic heterocycles. The second-order valence-electron chi connectivity index (χ2n) is 6.86. The molecule has 0 atom stereocenters. The van der Waals surface area contributed by atoms with E-state index in [1.54, 1.807) is 18.3 Å². The van der Waals surface area contributed by atoms with Crippen molar-refractivity contribution in [3.63, 3.8) is 0 Å². The third kappa shape index (κ3) is 5.42. The Balaban J connectivity index is 1.55.